The van der Waals surface area contributed by atoms with E-state index in [2.05, 4.69) is 30.0 Å². The van der Waals surface area contributed by atoms with Gasteiger partial charge < -0.3 is 9.64 Å². The summed E-state index contributed by atoms with van der Waals surface area (Å²) < 4.78 is 6.36. The summed E-state index contributed by atoms with van der Waals surface area (Å²) in [5.41, 5.74) is -0.754. The molecule has 126 valence electrons. The van der Waals surface area contributed by atoms with E-state index in [-0.39, 0.29) is 22.8 Å². The van der Waals surface area contributed by atoms with E-state index in [1.54, 1.807) is 0 Å². The van der Waals surface area contributed by atoms with Gasteiger partial charge in [-0.1, -0.05) is 12.8 Å². The van der Waals surface area contributed by atoms with Gasteiger partial charge in [0.25, 0.3) is 0 Å². The molecule has 1 saturated carbocycles. The van der Waals surface area contributed by atoms with E-state index in [0.717, 1.165) is 25.8 Å². The lowest BCUT2D eigenvalue weighted by atomic mass is 9.93. The molecule has 0 atom stereocenters. The number of hydrogen-bond acceptors (Lipinski definition) is 4. The van der Waals surface area contributed by atoms with Gasteiger partial charge >= 0.3 is 0 Å². The molecule has 5 heteroatoms. The zero-order valence-electron chi connectivity index (χ0n) is 14.3. The van der Waals surface area contributed by atoms with Crippen molar-refractivity contribution in [1.82, 2.24) is 4.90 Å². The fourth-order valence-electron chi connectivity index (χ4n) is 4.10. The average Bonchev–Trinajstić information content (AvgIpc) is 3.14. The Bertz CT molecular complexity index is 535. The summed E-state index contributed by atoms with van der Waals surface area (Å²) in [6.07, 6.45) is 12.4. The first-order chi connectivity index (χ1) is 10.9. The molecule has 2 heterocycles. The molecule has 0 aromatic rings. The fraction of sp³-hybridized carbons (Fsp3) is 0.833. The lowest BCUT2D eigenvalue weighted by Crippen LogP contribution is -2.60. The highest BCUT2D eigenvalue weighted by molar-refractivity contribution is 5.76. The van der Waals surface area contributed by atoms with E-state index in [9.17, 15) is 4.79 Å². The Hall–Kier alpha value is -1.41. The molecule has 0 N–H and O–H groups in total. The first-order valence-electron chi connectivity index (χ1n) is 8.73. The molecule has 3 rings (SSSR count). The van der Waals surface area contributed by atoms with E-state index < -0.39 is 0 Å². The topological polar surface area (TPSA) is 54.3 Å². The standard InChI is InChI=1S/C18H27N3O2/c1-4-5-11-18(19-20-18)12-8-15(22)21-13-16(2,3)23-17(14-21)9-6-7-10-17/h1H,5-14H2,2-3H3. The summed E-state index contributed by atoms with van der Waals surface area (Å²) in [7, 11) is 0. The third-order valence-electron chi connectivity index (χ3n) is 5.20. The van der Waals surface area contributed by atoms with Crippen molar-refractivity contribution in [3.63, 3.8) is 0 Å². The SMILES string of the molecule is C#CCCC1(CCC(=O)N2CC(C)(C)OC3(CCCC3)C2)N=N1. The Labute approximate surface area is 138 Å². The summed E-state index contributed by atoms with van der Waals surface area (Å²) in [5, 5.41) is 8.24. The van der Waals surface area contributed by atoms with Gasteiger partial charge in [0.1, 0.15) is 0 Å². The van der Waals surface area contributed by atoms with E-state index in [1.165, 1.54) is 12.8 Å². The molecule has 23 heavy (non-hydrogen) atoms. The minimum absolute atomic E-state index is 0.118. The summed E-state index contributed by atoms with van der Waals surface area (Å²) in [6, 6.07) is 0. The molecule has 1 aliphatic carbocycles. The molecular weight excluding hydrogens is 290 g/mol. The van der Waals surface area contributed by atoms with E-state index in [0.29, 0.717) is 25.8 Å². The molecule has 1 spiro atoms. The van der Waals surface area contributed by atoms with Crippen LogP contribution in [0, 0.1) is 12.3 Å². The number of carbonyl (C=O) groups is 1. The van der Waals surface area contributed by atoms with Crippen LogP contribution in [0.4, 0.5) is 0 Å². The molecular formula is C18H27N3O2. The van der Waals surface area contributed by atoms with Gasteiger partial charge in [0.05, 0.1) is 11.2 Å². The van der Waals surface area contributed by atoms with Crippen LogP contribution in [0.5, 0.6) is 0 Å². The number of nitrogens with zero attached hydrogens (tertiary/aromatic N) is 3. The van der Waals surface area contributed by atoms with E-state index >= 15 is 0 Å². The zero-order valence-corrected chi connectivity index (χ0v) is 14.3. The van der Waals surface area contributed by atoms with Crippen molar-refractivity contribution >= 4 is 5.91 Å². The van der Waals surface area contributed by atoms with Crippen LogP contribution in [-0.2, 0) is 9.53 Å². The number of ether oxygens (including phenoxy) is 1. The Morgan fingerprint density at radius 2 is 1.91 bits per heavy atom. The Morgan fingerprint density at radius 1 is 1.22 bits per heavy atom. The third-order valence-corrected chi connectivity index (χ3v) is 5.20. The number of hydrogen-bond donors (Lipinski definition) is 0. The molecule has 0 aromatic heterocycles. The van der Waals surface area contributed by atoms with Crippen molar-refractivity contribution < 1.29 is 9.53 Å². The molecule has 2 fully saturated rings. The van der Waals surface area contributed by atoms with Crippen molar-refractivity contribution in [2.24, 2.45) is 10.2 Å². The van der Waals surface area contributed by atoms with Crippen molar-refractivity contribution in [2.75, 3.05) is 13.1 Å². The van der Waals surface area contributed by atoms with Gasteiger partial charge in [0.2, 0.25) is 5.91 Å². The summed E-state index contributed by atoms with van der Waals surface area (Å²) in [6.45, 7) is 5.58. The second-order valence-corrected chi connectivity index (χ2v) is 7.89. The van der Waals surface area contributed by atoms with Crippen LogP contribution in [0.3, 0.4) is 0 Å². The monoisotopic (exact) mass is 317 g/mol. The molecule has 0 radical (unpaired) electrons. The van der Waals surface area contributed by atoms with Crippen molar-refractivity contribution in [2.45, 2.75) is 82.1 Å². The molecule has 0 aromatic carbocycles. The number of rotatable bonds is 5. The smallest absolute Gasteiger partial charge is 0.222 e. The van der Waals surface area contributed by atoms with Crippen LogP contribution in [0.25, 0.3) is 0 Å². The van der Waals surface area contributed by atoms with Gasteiger partial charge in [-0.3, -0.25) is 4.79 Å². The second kappa shape index (κ2) is 5.90. The summed E-state index contributed by atoms with van der Waals surface area (Å²) in [4.78, 5) is 14.7. The quantitative estimate of drug-likeness (QED) is 0.731. The highest BCUT2D eigenvalue weighted by Crippen LogP contribution is 2.41. The van der Waals surface area contributed by atoms with Crippen LogP contribution in [0.2, 0.25) is 0 Å². The molecule has 3 aliphatic rings. The molecule has 0 unspecified atom stereocenters. The van der Waals surface area contributed by atoms with Crippen LogP contribution in [-0.4, -0.2) is 40.8 Å². The Balaban J connectivity index is 1.57. The van der Waals surface area contributed by atoms with E-state index in [1.807, 2.05) is 4.90 Å². The summed E-state index contributed by atoms with van der Waals surface area (Å²) >= 11 is 0. The second-order valence-electron chi connectivity index (χ2n) is 7.89. The Morgan fingerprint density at radius 3 is 2.52 bits per heavy atom. The summed E-state index contributed by atoms with van der Waals surface area (Å²) in [5.74, 6) is 2.83. The molecule has 0 bridgehead atoms. The first-order valence-corrected chi connectivity index (χ1v) is 8.73. The predicted octanol–water partition coefficient (Wildman–Crippen LogP) is 3.29. The lowest BCUT2D eigenvalue weighted by Gasteiger charge is -2.49. The minimum atomic E-state index is -0.366. The fourth-order valence-corrected chi connectivity index (χ4v) is 4.10. The van der Waals surface area contributed by atoms with Crippen molar-refractivity contribution in [3.8, 4) is 12.3 Å². The van der Waals surface area contributed by atoms with Crippen molar-refractivity contribution in [3.05, 3.63) is 0 Å². The largest absolute Gasteiger partial charge is 0.365 e. The van der Waals surface area contributed by atoms with Crippen molar-refractivity contribution in [1.29, 1.82) is 0 Å². The van der Waals surface area contributed by atoms with Gasteiger partial charge in [0.15, 0.2) is 5.66 Å². The minimum Gasteiger partial charge on any atom is -0.365 e. The van der Waals surface area contributed by atoms with Crippen LogP contribution >= 0.6 is 0 Å². The number of terminal acetylenes is 1. The van der Waals surface area contributed by atoms with E-state index in [4.69, 9.17) is 11.2 Å². The zero-order chi connectivity index (χ0) is 16.6. The maximum atomic E-state index is 12.7. The highest BCUT2D eigenvalue weighted by Gasteiger charge is 2.47. The number of morpholine rings is 1. The predicted molar refractivity (Wildman–Crippen MR) is 87.8 cm³/mol. The third kappa shape index (κ3) is 3.74. The normalized spacial score (nSPS) is 26.2. The van der Waals surface area contributed by atoms with Gasteiger partial charge in [0, 0.05) is 38.8 Å². The maximum Gasteiger partial charge on any atom is 0.222 e. The molecule has 2 aliphatic heterocycles. The number of carbonyl (C=O) groups excluding carboxylic acids is 1. The average molecular weight is 317 g/mol. The van der Waals surface area contributed by atoms with Crippen LogP contribution in [0.1, 0.15) is 65.2 Å². The van der Waals surface area contributed by atoms with Gasteiger partial charge in [-0.05, 0) is 26.7 Å². The van der Waals surface area contributed by atoms with Gasteiger partial charge in [-0.2, -0.15) is 10.2 Å². The lowest BCUT2D eigenvalue weighted by molar-refractivity contribution is -0.198. The van der Waals surface area contributed by atoms with Gasteiger partial charge in [-0.25, -0.2) is 0 Å². The van der Waals surface area contributed by atoms with Crippen LogP contribution in [0.15, 0.2) is 10.2 Å². The first kappa shape index (κ1) is 16.4. The Kier molecular flexibility index (Phi) is 4.22. The van der Waals surface area contributed by atoms with Crippen LogP contribution < -0.4 is 0 Å². The molecule has 1 saturated heterocycles. The molecule has 1 amide bonds. The maximum absolute atomic E-state index is 12.7. The highest BCUT2D eigenvalue weighted by atomic mass is 16.5. The molecule has 5 nitrogen and oxygen atoms in total. The van der Waals surface area contributed by atoms with Gasteiger partial charge in [-0.15, -0.1) is 12.3 Å². The number of amides is 1.